The Morgan fingerprint density at radius 2 is 1.71 bits per heavy atom. The van der Waals surface area contributed by atoms with Crippen molar-refractivity contribution in [2.75, 3.05) is 5.32 Å². The van der Waals surface area contributed by atoms with Crippen LogP contribution in [0.2, 0.25) is 5.02 Å². The maximum Gasteiger partial charge on any atom is 0.131 e. The summed E-state index contributed by atoms with van der Waals surface area (Å²) in [7, 11) is 0. The van der Waals surface area contributed by atoms with Gasteiger partial charge in [-0.1, -0.05) is 29.3 Å². The number of fused-ring (bicyclic) bond motifs is 1. The van der Waals surface area contributed by atoms with Crippen molar-refractivity contribution in [3.63, 3.8) is 0 Å². The number of halogens is 1. The Labute approximate surface area is 129 Å². The molecule has 1 N–H and O–H groups in total. The molecule has 2 aromatic carbocycles. The van der Waals surface area contributed by atoms with Crippen molar-refractivity contribution in [3.05, 3.63) is 64.2 Å². The topological polar surface area (TPSA) is 24.9 Å². The van der Waals surface area contributed by atoms with Gasteiger partial charge in [-0.2, -0.15) is 0 Å². The van der Waals surface area contributed by atoms with Crippen LogP contribution in [0.4, 0.5) is 11.5 Å². The fourth-order valence-corrected chi connectivity index (χ4v) is 2.57. The van der Waals surface area contributed by atoms with Crippen LogP contribution >= 0.6 is 11.6 Å². The Bertz CT molecular complexity index is 825. The monoisotopic (exact) mass is 296 g/mol. The number of anilines is 2. The highest BCUT2D eigenvalue weighted by Gasteiger charge is 2.04. The number of rotatable bonds is 2. The molecule has 0 bridgehead atoms. The lowest BCUT2D eigenvalue weighted by Crippen LogP contribution is -1.96. The van der Waals surface area contributed by atoms with Gasteiger partial charge in [-0.25, -0.2) is 4.98 Å². The summed E-state index contributed by atoms with van der Waals surface area (Å²) in [6.45, 7) is 6.20. The van der Waals surface area contributed by atoms with Crippen molar-refractivity contribution in [1.29, 1.82) is 0 Å². The molecule has 2 nitrogen and oxygen atoms in total. The Kier molecular flexibility index (Phi) is 3.56. The Hall–Kier alpha value is -2.06. The van der Waals surface area contributed by atoms with E-state index in [1.807, 2.05) is 25.1 Å². The molecule has 0 spiro atoms. The van der Waals surface area contributed by atoms with E-state index in [0.29, 0.717) is 0 Å². The van der Waals surface area contributed by atoms with Crippen LogP contribution in [0.5, 0.6) is 0 Å². The van der Waals surface area contributed by atoms with Gasteiger partial charge in [0.2, 0.25) is 0 Å². The van der Waals surface area contributed by atoms with Gasteiger partial charge in [-0.3, -0.25) is 0 Å². The molecule has 0 unspecified atom stereocenters. The minimum Gasteiger partial charge on any atom is -0.340 e. The van der Waals surface area contributed by atoms with Crippen molar-refractivity contribution in [1.82, 2.24) is 4.98 Å². The zero-order valence-electron chi connectivity index (χ0n) is 12.4. The number of aryl methyl sites for hydroxylation is 3. The molecular weight excluding hydrogens is 280 g/mol. The van der Waals surface area contributed by atoms with E-state index in [4.69, 9.17) is 11.6 Å². The maximum absolute atomic E-state index is 6.16. The van der Waals surface area contributed by atoms with Crippen LogP contribution in [0, 0.1) is 20.8 Å². The Morgan fingerprint density at radius 3 is 2.48 bits per heavy atom. The highest BCUT2D eigenvalue weighted by atomic mass is 35.5. The van der Waals surface area contributed by atoms with Crippen molar-refractivity contribution in [3.8, 4) is 0 Å². The predicted octanol–water partition coefficient (Wildman–Crippen LogP) is 5.56. The molecule has 106 valence electrons. The fraction of sp³-hybridized carbons (Fsp3) is 0.167. The minimum atomic E-state index is 0.758. The summed E-state index contributed by atoms with van der Waals surface area (Å²) >= 11 is 6.16. The lowest BCUT2D eigenvalue weighted by atomic mass is 10.1. The van der Waals surface area contributed by atoms with E-state index < -0.39 is 0 Å². The Balaban J connectivity index is 2.01. The lowest BCUT2D eigenvalue weighted by molar-refractivity contribution is 1.33. The van der Waals surface area contributed by atoms with Gasteiger partial charge in [0.25, 0.3) is 0 Å². The zero-order chi connectivity index (χ0) is 15.0. The molecule has 0 saturated heterocycles. The second kappa shape index (κ2) is 5.38. The number of aromatic nitrogens is 1. The molecule has 3 heteroatoms. The third-order valence-electron chi connectivity index (χ3n) is 3.62. The van der Waals surface area contributed by atoms with Crippen LogP contribution in [-0.2, 0) is 0 Å². The van der Waals surface area contributed by atoms with Crippen LogP contribution in [0.1, 0.15) is 16.7 Å². The molecule has 0 aliphatic rings. The number of pyridine rings is 1. The summed E-state index contributed by atoms with van der Waals surface area (Å²) in [6.07, 6.45) is 0. The molecule has 1 heterocycles. The minimum absolute atomic E-state index is 0.758. The molecule has 0 radical (unpaired) electrons. The number of hydrogen-bond donors (Lipinski definition) is 1. The lowest BCUT2D eigenvalue weighted by Gasteiger charge is -2.10. The molecule has 21 heavy (non-hydrogen) atoms. The van der Waals surface area contributed by atoms with Gasteiger partial charge in [-0.15, -0.1) is 0 Å². The van der Waals surface area contributed by atoms with Crippen LogP contribution in [-0.4, -0.2) is 4.98 Å². The third-order valence-corrected chi connectivity index (χ3v) is 4.02. The number of nitrogens with zero attached hydrogens (tertiary/aromatic N) is 1. The average Bonchev–Trinajstić information content (AvgIpc) is 2.44. The first-order chi connectivity index (χ1) is 10.0. The van der Waals surface area contributed by atoms with Gasteiger partial charge in [0.15, 0.2) is 0 Å². The fourth-order valence-electron chi connectivity index (χ4n) is 2.39. The van der Waals surface area contributed by atoms with Crippen LogP contribution < -0.4 is 5.32 Å². The molecule has 1 aromatic heterocycles. The molecule has 0 saturated carbocycles. The summed E-state index contributed by atoms with van der Waals surface area (Å²) in [5, 5.41) is 5.28. The molecule has 3 rings (SSSR count). The summed E-state index contributed by atoms with van der Waals surface area (Å²) in [5.74, 6) is 0.837. The van der Waals surface area contributed by atoms with Crippen molar-refractivity contribution >= 4 is 34.0 Å². The largest absolute Gasteiger partial charge is 0.340 e. The van der Waals surface area contributed by atoms with Crippen molar-refractivity contribution < 1.29 is 0 Å². The van der Waals surface area contributed by atoms with E-state index in [9.17, 15) is 0 Å². The van der Waals surface area contributed by atoms with E-state index in [-0.39, 0.29) is 0 Å². The van der Waals surface area contributed by atoms with Gasteiger partial charge >= 0.3 is 0 Å². The Morgan fingerprint density at radius 1 is 0.905 bits per heavy atom. The molecule has 0 amide bonds. The van der Waals surface area contributed by atoms with Crippen molar-refractivity contribution in [2.45, 2.75) is 20.8 Å². The van der Waals surface area contributed by atoms with Gasteiger partial charge in [-0.05, 0) is 62.2 Å². The van der Waals surface area contributed by atoms with Crippen LogP contribution in [0.3, 0.4) is 0 Å². The summed E-state index contributed by atoms with van der Waals surface area (Å²) in [5.41, 5.74) is 5.48. The number of benzene rings is 2. The van der Waals surface area contributed by atoms with E-state index >= 15 is 0 Å². The smallest absolute Gasteiger partial charge is 0.131 e. The first-order valence-electron chi connectivity index (χ1n) is 6.94. The van der Waals surface area contributed by atoms with Gasteiger partial charge < -0.3 is 5.32 Å². The van der Waals surface area contributed by atoms with Gasteiger partial charge in [0, 0.05) is 16.1 Å². The molecular formula is C18H17ClN2. The van der Waals surface area contributed by atoms with Gasteiger partial charge in [0.05, 0.1) is 5.52 Å². The molecule has 0 fully saturated rings. The molecule has 0 aliphatic carbocycles. The van der Waals surface area contributed by atoms with E-state index in [1.165, 1.54) is 16.5 Å². The maximum atomic E-state index is 6.16. The summed E-state index contributed by atoms with van der Waals surface area (Å²) in [6, 6.07) is 14.3. The number of hydrogen-bond acceptors (Lipinski definition) is 2. The summed E-state index contributed by atoms with van der Waals surface area (Å²) in [4.78, 5) is 4.67. The van der Waals surface area contributed by atoms with Crippen LogP contribution in [0.15, 0.2) is 42.5 Å². The highest BCUT2D eigenvalue weighted by molar-refractivity contribution is 6.31. The molecule has 0 atom stereocenters. The van der Waals surface area contributed by atoms with E-state index in [2.05, 4.69) is 48.4 Å². The molecule has 0 aliphatic heterocycles. The predicted molar refractivity (Wildman–Crippen MR) is 90.7 cm³/mol. The first kappa shape index (κ1) is 13.9. The normalized spacial score (nSPS) is 10.9. The average molecular weight is 297 g/mol. The van der Waals surface area contributed by atoms with E-state index in [0.717, 1.165) is 27.6 Å². The van der Waals surface area contributed by atoms with E-state index in [1.54, 1.807) is 0 Å². The quantitative estimate of drug-likeness (QED) is 0.670. The second-order valence-corrected chi connectivity index (χ2v) is 5.84. The van der Waals surface area contributed by atoms with Crippen molar-refractivity contribution in [2.24, 2.45) is 0 Å². The number of nitrogens with one attached hydrogen (secondary N) is 1. The second-order valence-electron chi connectivity index (χ2n) is 5.43. The van der Waals surface area contributed by atoms with Gasteiger partial charge in [0.1, 0.15) is 5.82 Å². The summed E-state index contributed by atoms with van der Waals surface area (Å²) < 4.78 is 0. The highest BCUT2D eigenvalue weighted by Crippen LogP contribution is 2.25. The SMILES string of the molecule is Cc1ccc2nc(Nc3ccc(C)c(Cl)c3)cc(C)c2c1. The third kappa shape index (κ3) is 2.86. The zero-order valence-corrected chi connectivity index (χ0v) is 13.1. The molecule has 3 aromatic rings. The standard InChI is InChI=1S/C18H17ClN2/c1-11-4-7-17-15(8-11)13(3)9-18(21-17)20-14-6-5-12(2)16(19)10-14/h4-10H,1-3H3,(H,20,21). The van der Waals surface area contributed by atoms with Crippen LogP contribution in [0.25, 0.3) is 10.9 Å². The first-order valence-corrected chi connectivity index (χ1v) is 7.32.